The molecule has 88 valence electrons. The van der Waals surface area contributed by atoms with E-state index in [0.717, 1.165) is 5.56 Å². The summed E-state index contributed by atoms with van der Waals surface area (Å²) in [5, 5.41) is 17.6. The highest BCUT2D eigenvalue weighted by Crippen LogP contribution is 2.19. The van der Waals surface area contributed by atoms with E-state index in [1.54, 1.807) is 12.1 Å². The summed E-state index contributed by atoms with van der Waals surface area (Å²) in [5.74, 6) is -1.39. The first-order chi connectivity index (χ1) is 7.75. The molecule has 0 aromatic heterocycles. The Bertz CT molecular complexity index is 310. The minimum Gasteiger partial charge on any atom is -0.481 e. The zero-order valence-corrected chi connectivity index (χ0v) is 9.00. The maximum Gasteiger partial charge on any atom is 0.311 e. The number of aliphatic hydroxyl groups excluding tert-OH is 1. The smallest absolute Gasteiger partial charge is 0.311 e. The van der Waals surface area contributed by atoms with E-state index in [0.29, 0.717) is 13.0 Å². The Kier molecular flexibility index (Phi) is 5.53. The number of hydrogen-bond donors (Lipinski definition) is 2. The second-order valence-corrected chi connectivity index (χ2v) is 3.43. The summed E-state index contributed by atoms with van der Waals surface area (Å²) in [6.45, 7) is 0.552. The quantitative estimate of drug-likeness (QED) is 0.684. The Hall–Kier alpha value is -1.39. The number of carbonyl (C=O) groups is 1. The second kappa shape index (κ2) is 6.98. The average Bonchev–Trinajstić information content (AvgIpc) is 2.30. The summed E-state index contributed by atoms with van der Waals surface area (Å²) >= 11 is 0. The molecule has 1 aromatic carbocycles. The summed E-state index contributed by atoms with van der Waals surface area (Å²) < 4.78 is 5.07. The highest BCUT2D eigenvalue weighted by molar-refractivity contribution is 5.75. The molecule has 1 rings (SSSR count). The molecule has 0 aliphatic carbocycles. The van der Waals surface area contributed by atoms with Crippen molar-refractivity contribution in [3.63, 3.8) is 0 Å². The van der Waals surface area contributed by atoms with E-state index < -0.39 is 11.9 Å². The molecule has 0 radical (unpaired) electrons. The van der Waals surface area contributed by atoms with Crippen LogP contribution in [0.15, 0.2) is 30.3 Å². The standard InChI is InChI=1S/C12H16O4/c13-7-9-16-8-6-11(12(14)15)10-4-2-1-3-5-10/h1-5,11,13H,6-9H2,(H,14,15). The molecule has 0 aliphatic rings. The van der Waals surface area contributed by atoms with Gasteiger partial charge in [-0.3, -0.25) is 4.79 Å². The Morgan fingerprint density at radius 3 is 2.50 bits per heavy atom. The third-order valence-electron chi connectivity index (χ3n) is 2.29. The predicted octanol–water partition coefficient (Wildman–Crippen LogP) is 1.25. The molecular formula is C12H16O4. The summed E-state index contributed by atoms with van der Waals surface area (Å²) in [5.41, 5.74) is 0.780. The van der Waals surface area contributed by atoms with Gasteiger partial charge in [0.15, 0.2) is 0 Å². The SMILES string of the molecule is O=C(O)C(CCOCCO)c1ccccc1. The Morgan fingerprint density at radius 2 is 1.94 bits per heavy atom. The van der Waals surface area contributed by atoms with Crippen molar-refractivity contribution in [2.45, 2.75) is 12.3 Å². The van der Waals surface area contributed by atoms with Crippen LogP contribution in [0.25, 0.3) is 0 Å². The topological polar surface area (TPSA) is 66.8 Å². The van der Waals surface area contributed by atoms with Crippen LogP contribution in [0.2, 0.25) is 0 Å². The van der Waals surface area contributed by atoms with E-state index >= 15 is 0 Å². The summed E-state index contributed by atoms with van der Waals surface area (Å²) in [7, 11) is 0. The number of carboxylic acids is 1. The zero-order valence-electron chi connectivity index (χ0n) is 9.00. The van der Waals surface area contributed by atoms with Crippen LogP contribution < -0.4 is 0 Å². The van der Waals surface area contributed by atoms with Crippen molar-refractivity contribution in [1.82, 2.24) is 0 Å². The number of rotatable bonds is 7. The van der Waals surface area contributed by atoms with Gasteiger partial charge in [0.1, 0.15) is 0 Å². The molecule has 4 nitrogen and oxygen atoms in total. The van der Waals surface area contributed by atoms with Gasteiger partial charge in [0.05, 0.1) is 19.1 Å². The van der Waals surface area contributed by atoms with Crippen LogP contribution in [0.4, 0.5) is 0 Å². The fraction of sp³-hybridized carbons (Fsp3) is 0.417. The number of ether oxygens (including phenoxy) is 1. The van der Waals surface area contributed by atoms with E-state index in [1.165, 1.54) is 0 Å². The molecule has 1 atom stereocenters. The Balaban J connectivity index is 2.52. The van der Waals surface area contributed by atoms with Crippen LogP contribution in [0, 0.1) is 0 Å². The van der Waals surface area contributed by atoms with E-state index in [-0.39, 0.29) is 13.2 Å². The molecule has 1 aromatic rings. The van der Waals surface area contributed by atoms with Crippen LogP contribution in [0.5, 0.6) is 0 Å². The van der Waals surface area contributed by atoms with Gasteiger partial charge in [-0.05, 0) is 12.0 Å². The lowest BCUT2D eigenvalue weighted by Gasteiger charge is -2.12. The van der Waals surface area contributed by atoms with Crippen molar-refractivity contribution in [3.05, 3.63) is 35.9 Å². The maximum atomic E-state index is 11.1. The van der Waals surface area contributed by atoms with Gasteiger partial charge in [0.25, 0.3) is 0 Å². The van der Waals surface area contributed by atoms with Crippen molar-refractivity contribution < 1.29 is 19.7 Å². The lowest BCUT2D eigenvalue weighted by atomic mass is 9.96. The van der Waals surface area contributed by atoms with Crippen LogP contribution in [0.3, 0.4) is 0 Å². The van der Waals surface area contributed by atoms with Crippen LogP contribution in [-0.4, -0.2) is 36.0 Å². The van der Waals surface area contributed by atoms with Crippen LogP contribution in [0.1, 0.15) is 17.9 Å². The number of hydrogen-bond acceptors (Lipinski definition) is 3. The molecule has 0 amide bonds. The molecular weight excluding hydrogens is 208 g/mol. The first-order valence-electron chi connectivity index (χ1n) is 5.22. The van der Waals surface area contributed by atoms with Gasteiger partial charge < -0.3 is 14.9 Å². The molecule has 0 spiro atoms. The number of aliphatic hydroxyl groups is 1. The molecule has 0 bridgehead atoms. The van der Waals surface area contributed by atoms with Gasteiger partial charge in [0.2, 0.25) is 0 Å². The van der Waals surface area contributed by atoms with Gasteiger partial charge in [-0.15, -0.1) is 0 Å². The van der Waals surface area contributed by atoms with Crippen molar-refractivity contribution in [2.24, 2.45) is 0 Å². The third kappa shape index (κ3) is 4.00. The molecule has 4 heteroatoms. The van der Waals surface area contributed by atoms with Crippen molar-refractivity contribution in [1.29, 1.82) is 0 Å². The van der Waals surface area contributed by atoms with E-state index in [4.69, 9.17) is 14.9 Å². The molecule has 0 heterocycles. The largest absolute Gasteiger partial charge is 0.481 e. The number of benzene rings is 1. The lowest BCUT2D eigenvalue weighted by Crippen LogP contribution is -2.14. The number of carboxylic acid groups (broad SMARTS) is 1. The highest BCUT2D eigenvalue weighted by atomic mass is 16.5. The Labute approximate surface area is 94.5 Å². The lowest BCUT2D eigenvalue weighted by molar-refractivity contribution is -0.139. The minimum atomic E-state index is -0.848. The summed E-state index contributed by atoms with van der Waals surface area (Å²) in [6, 6.07) is 9.08. The van der Waals surface area contributed by atoms with E-state index in [2.05, 4.69) is 0 Å². The zero-order chi connectivity index (χ0) is 11.8. The van der Waals surface area contributed by atoms with Crippen molar-refractivity contribution in [3.8, 4) is 0 Å². The maximum absolute atomic E-state index is 11.1. The molecule has 0 aliphatic heterocycles. The molecule has 0 fully saturated rings. The highest BCUT2D eigenvalue weighted by Gasteiger charge is 2.18. The first-order valence-corrected chi connectivity index (χ1v) is 5.22. The van der Waals surface area contributed by atoms with Gasteiger partial charge in [0, 0.05) is 6.61 Å². The monoisotopic (exact) mass is 224 g/mol. The van der Waals surface area contributed by atoms with Crippen molar-refractivity contribution >= 4 is 5.97 Å². The average molecular weight is 224 g/mol. The van der Waals surface area contributed by atoms with Crippen LogP contribution >= 0.6 is 0 Å². The van der Waals surface area contributed by atoms with E-state index in [9.17, 15) is 4.79 Å². The van der Waals surface area contributed by atoms with Gasteiger partial charge in [-0.2, -0.15) is 0 Å². The number of aliphatic carboxylic acids is 1. The van der Waals surface area contributed by atoms with E-state index in [1.807, 2.05) is 18.2 Å². The molecule has 2 N–H and O–H groups in total. The second-order valence-electron chi connectivity index (χ2n) is 3.43. The van der Waals surface area contributed by atoms with Gasteiger partial charge in [-0.25, -0.2) is 0 Å². The Morgan fingerprint density at radius 1 is 1.25 bits per heavy atom. The van der Waals surface area contributed by atoms with Crippen molar-refractivity contribution in [2.75, 3.05) is 19.8 Å². The first kappa shape index (κ1) is 12.7. The third-order valence-corrected chi connectivity index (χ3v) is 2.29. The molecule has 1 unspecified atom stereocenters. The minimum absolute atomic E-state index is 0.0386. The normalized spacial score (nSPS) is 12.3. The molecule has 0 saturated heterocycles. The summed E-state index contributed by atoms with van der Waals surface area (Å²) in [6.07, 6.45) is 0.416. The van der Waals surface area contributed by atoms with Gasteiger partial charge >= 0.3 is 5.97 Å². The van der Waals surface area contributed by atoms with Crippen LogP contribution in [-0.2, 0) is 9.53 Å². The molecule has 16 heavy (non-hydrogen) atoms. The fourth-order valence-electron chi connectivity index (χ4n) is 1.49. The van der Waals surface area contributed by atoms with Gasteiger partial charge in [-0.1, -0.05) is 30.3 Å². The summed E-state index contributed by atoms with van der Waals surface area (Å²) in [4.78, 5) is 11.1. The molecule has 0 saturated carbocycles. The fourth-order valence-corrected chi connectivity index (χ4v) is 1.49. The predicted molar refractivity (Wildman–Crippen MR) is 59.3 cm³/mol.